The van der Waals surface area contributed by atoms with Gasteiger partial charge in [0.1, 0.15) is 5.75 Å². The third-order valence-electron chi connectivity index (χ3n) is 3.21. The first-order valence-corrected chi connectivity index (χ1v) is 7.29. The summed E-state index contributed by atoms with van der Waals surface area (Å²) in [6.45, 7) is 0.653. The van der Waals surface area contributed by atoms with E-state index in [-0.39, 0.29) is 37.0 Å². The highest BCUT2D eigenvalue weighted by Crippen LogP contribution is 2.26. The van der Waals surface area contributed by atoms with Crippen LogP contribution < -0.4 is 15.8 Å². The van der Waals surface area contributed by atoms with E-state index in [0.29, 0.717) is 6.54 Å². The van der Waals surface area contributed by atoms with E-state index in [4.69, 9.17) is 5.73 Å². The van der Waals surface area contributed by atoms with Gasteiger partial charge in [-0.25, -0.2) is 0 Å². The third kappa shape index (κ3) is 7.03. The lowest BCUT2D eigenvalue weighted by atomic mass is 10.0. The minimum atomic E-state index is -4.71. The summed E-state index contributed by atoms with van der Waals surface area (Å²) in [6, 6.07) is 13.0. The summed E-state index contributed by atoms with van der Waals surface area (Å²) in [4.78, 5) is 11.4. The van der Waals surface area contributed by atoms with Crippen molar-refractivity contribution < 1.29 is 22.7 Å². The van der Waals surface area contributed by atoms with Gasteiger partial charge in [-0.05, 0) is 34.9 Å². The van der Waals surface area contributed by atoms with Crippen molar-refractivity contribution in [1.82, 2.24) is 5.32 Å². The molecule has 0 fully saturated rings. The summed E-state index contributed by atoms with van der Waals surface area (Å²) < 4.78 is 40.3. The van der Waals surface area contributed by atoms with Crippen LogP contribution in [0.4, 0.5) is 13.2 Å². The molecule has 0 unspecified atom stereocenters. The molecule has 0 heterocycles. The van der Waals surface area contributed by atoms with Crippen molar-refractivity contribution >= 4 is 18.3 Å². The Labute approximate surface area is 149 Å². The van der Waals surface area contributed by atoms with Gasteiger partial charge in [-0.15, -0.1) is 25.6 Å². The molecule has 0 aliphatic heterocycles. The van der Waals surface area contributed by atoms with Crippen molar-refractivity contribution in [1.29, 1.82) is 0 Å². The van der Waals surface area contributed by atoms with Gasteiger partial charge in [0.15, 0.2) is 0 Å². The highest BCUT2D eigenvalue weighted by Gasteiger charge is 2.30. The number of ether oxygens (including phenoxy) is 1. The Kier molecular flexibility index (Phi) is 7.73. The number of hydrogen-bond acceptors (Lipinski definition) is 3. The van der Waals surface area contributed by atoms with Crippen LogP contribution in [0.2, 0.25) is 0 Å². The molecule has 0 spiro atoms. The Morgan fingerprint density at radius 1 is 1.08 bits per heavy atom. The molecule has 3 N–H and O–H groups in total. The molecule has 136 valence electrons. The van der Waals surface area contributed by atoms with Crippen LogP contribution in [0.1, 0.15) is 12.0 Å². The van der Waals surface area contributed by atoms with Gasteiger partial charge in [-0.3, -0.25) is 4.79 Å². The van der Waals surface area contributed by atoms with E-state index < -0.39 is 6.36 Å². The summed E-state index contributed by atoms with van der Waals surface area (Å²) in [5.74, 6) is -0.395. The molecule has 0 aromatic heterocycles. The fraction of sp³-hybridized carbons (Fsp3) is 0.235. The first kappa shape index (κ1) is 20.8. The SMILES string of the molecule is Cl.NCCC(=O)NCc1cccc(-c2ccc(OC(F)(F)F)cc2)c1. The van der Waals surface area contributed by atoms with E-state index in [1.807, 2.05) is 24.3 Å². The lowest BCUT2D eigenvalue weighted by Gasteiger charge is -2.10. The van der Waals surface area contributed by atoms with Crippen LogP contribution in [0.15, 0.2) is 48.5 Å². The van der Waals surface area contributed by atoms with Crippen LogP contribution in [0.5, 0.6) is 5.75 Å². The molecule has 8 heteroatoms. The monoisotopic (exact) mass is 374 g/mol. The Bertz CT molecular complexity index is 691. The van der Waals surface area contributed by atoms with Gasteiger partial charge in [0.2, 0.25) is 5.91 Å². The number of carbonyl (C=O) groups is 1. The highest BCUT2D eigenvalue weighted by molar-refractivity contribution is 5.85. The van der Waals surface area contributed by atoms with E-state index in [1.54, 1.807) is 12.1 Å². The maximum atomic E-state index is 12.2. The van der Waals surface area contributed by atoms with E-state index >= 15 is 0 Å². The average molecular weight is 375 g/mol. The van der Waals surface area contributed by atoms with Crippen molar-refractivity contribution in [3.8, 4) is 16.9 Å². The van der Waals surface area contributed by atoms with Gasteiger partial charge in [0, 0.05) is 19.5 Å². The van der Waals surface area contributed by atoms with Crippen LogP contribution in [0.3, 0.4) is 0 Å². The quantitative estimate of drug-likeness (QED) is 0.811. The number of benzene rings is 2. The smallest absolute Gasteiger partial charge is 0.406 e. The molecule has 4 nitrogen and oxygen atoms in total. The number of halogens is 4. The number of nitrogens with one attached hydrogen (secondary N) is 1. The minimum Gasteiger partial charge on any atom is -0.406 e. The summed E-state index contributed by atoms with van der Waals surface area (Å²) in [6.07, 6.45) is -4.44. The van der Waals surface area contributed by atoms with Crippen molar-refractivity contribution in [2.45, 2.75) is 19.3 Å². The zero-order valence-electron chi connectivity index (χ0n) is 13.2. The average Bonchev–Trinajstić information content (AvgIpc) is 2.53. The molecule has 0 atom stereocenters. The maximum Gasteiger partial charge on any atom is 0.573 e. The molecule has 0 bridgehead atoms. The lowest BCUT2D eigenvalue weighted by Crippen LogP contribution is -2.24. The number of nitrogens with two attached hydrogens (primary N) is 1. The predicted molar refractivity (Wildman–Crippen MR) is 91.3 cm³/mol. The minimum absolute atomic E-state index is 0. The van der Waals surface area contributed by atoms with E-state index in [0.717, 1.165) is 16.7 Å². The summed E-state index contributed by atoms with van der Waals surface area (Å²) in [5, 5.41) is 2.75. The van der Waals surface area contributed by atoms with Crippen LogP contribution >= 0.6 is 12.4 Å². The third-order valence-corrected chi connectivity index (χ3v) is 3.21. The van der Waals surface area contributed by atoms with Crippen molar-refractivity contribution in [3.63, 3.8) is 0 Å². The molecule has 1 amide bonds. The van der Waals surface area contributed by atoms with E-state index in [9.17, 15) is 18.0 Å². The fourth-order valence-electron chi connectivity index (χ4n) is 2.13. The second-order valence-corrected chi connectivity index (χ2v) is 5.09. The van der Waals surface area contributed by atoms with Crippen LogP contribution in [-0.4, -0.2) is 18.8 Å². The Hall–Kier alpha value is -2.25. The zero-order chi connectivity index (χ0) is 17.6. The first-order chi connectivity index (χ1) is 11.4. The molecule has 0 aliphatic rings. The second-order valence-electron chi connectivity index (χ2n) is 5.09. The molecule has 0 saturated heterocycles. The topological polar surface area (TPSA) is 64.4 Å². The number of carbonyl (C=O) groups excluding carboxylic acids is 1. The standard InChI is InChI=1S/C17H17F3N2O2.ClH/c18-17(19,20)24-15-6-4-13(5-7-15)14-3-1-2-12(10-14)11-22-16(23)8-9-21;/h1-7,10H,8-9,11,21H2,(H,22,23);1H. The molecule has 2 rings (SSSR count). The summed E-state index contributed by atoms with van der Waals surface area (Å²) in [5.41, 5.74) is 7.77. The highest BCUT2D eigenvalue weighted by atomic mass is 35.5. The normalized spacial score (nSPS) is 10.7. The Morgan fingerprint density at radius 3 is 2.36 bits per heavy atom. The van der Waals surface area contributed by atoms with Gasteiger partial charge in [-0.1, -0.05) is 30.3 Å². The second kappa shape index (κ2) is 9.29. The lowest BCUT2D eigenvalue weighted by molar-refractivity contribution is -0.274. The van der Waals surface area contributed by atoms with Crippen molar-refractivity contribution in [2.75, 3.05) is 6.54 Å². The van der Waals surface area contributed by atoms with Crippen molar-refractivity contribution in [3.05, 3.63) is 54.1 Å². The summed E-state index contributed by atoms with van der Waals surface area (Å²) in [7, 11) is 0. The molecule has 2 aromatic carbocycles. The fourth-order valence-corrected chi connectivity index (χ4v) is 2.13. The molecule has 25 heavy (non-hydrogen) atoms. The molecule has 0 radical (unpaired) electrons. The number of alkyl halides is 3. The summed E-state index contributed by atoms with van der Waals surface area (Å²) >= 11 is 0. The van der Waals surface area contributed by atoms with Gasteiger partial charge in [0.05, 0.1) is 0 Å². The Morgan fingerprint density at radius 2 is 1.76 bits per heavy atom. The number of hydrogen-bond donors (Lipinski definition) is 2. The van der Waals surface area contributed by atoms with Crippen LogP contribution in [-0.2, 0) is 11.3 Å². The van der Waals surface area contributed by atoms with Crippen molar-refractivity contribution in [2.24, 2.45) is 5.73 Å². The molecule has 2 aromatic rings. The van der Waals surface area contributed by atoms with Crippen LogP contribution in [0.25, 0.3) is 11.1 Å². The number of amides is 1. The number of rotatable bonds is 6. The molecular formula is C17H18ClF3N2O2. The van der Waals surface area contributed by atoms with Gasteiger partial charge in [-0.2, -0.15) is 0 Å². The van der Waals surface area contributed by atoms with Gasteiger partial charge < -0.3 is 15.8 Å². The van der Waals surface area contributed by atoms with Gasteiger partial charge in [0.25, 0.3) is 0 Å². The van der Waals surface area contributed by atoms with E-state index in [2.05, 4.69) is 10.1 Å². The zero-order valence-corrected chi connectivity index (χ0v) is 14.0. The molecule has 0 saturated carbocycles. The largest absolute Gasteiger partial charge is 0.573 e. The molecular weight excluding hydrogens is 357 g/mol. The molecule has 0 aliphatic carbocycles. The maximum absolute atomic E-state index is 12.2. The van der Waals surface area contributed by atoms with Crippen LogP contribution in [0, 0.1) is 0 Å². The first-order valence-electron chi connectivity index (χ1n) is 7.29. The van der Waals surface area contributed by atoms with Gasteiger partial charge >= 0.3 is 6.36 Å². The van der Waals surface area contributed by atoms with E-state index in [1.165, 1.54) is 12.1 Å². The predicted octanol–water partition coefficient (Wildman–Crippen LogP) is 3.64. The Balaban J connectivity index is 0.00000312.